The van der Waals surface area contributed by atoms with Crippen LogP contribution in [-0.4, -0.2) is 4.98 Å². The van der Waals surface area contributed by atoms with Crippen LogP contribution in [0.4, 0.5) is 0 Å². The minimum Gasteiger partial charge on any atom is -0.489 e. The van der Waals surface area contributed by atoms with E-state index in [9.17, 15) is 0 Å². The smallest absolute Gasteiger partial charge is 0.119 e. The molecule has 0 saturated heterocycles. The summed E-state index contributed by atoms with van der Waals surface area (Å²) in [6, 6.07) is 20.0. The van der Waals surface area contributed by atoms with Crippen LogP contribution < -0.4 is 4.74 Å². The summed E-state index contributed by atoms with van der Waals surface area (Å²) in [4.78, 5) is 2.96. The molecule has 0 fully saturated rings. The summed E-state index contributed by atoms with van der Waals surface area (Å²) in [7, 11) is 0. The SMILES string of the molecule is N#Cc1c[nH]cc1-c1ccc(OCc2ccccc2)cc1. The van der Waals surface area contributed by atoms with E-state index in [2.05, 4.69) is 11.1 Å². The minimum atomic E-state index is 0.549. The van der Waals surface area contributed by atoms with Crippen molar-refractivity contribution in [3.8, 4) is 22.9 Å². The molecule has 0 bridgehead atoms. The maximum absolute atomic E-state index is 9.04. The lowest BCUT2D eigenvalue weighted by Crippen LogP contribution is -1.94. The van der Waals surface area contributed by atoms with Crippen molar-refractivity contribution < 1.29 is 4.74 Å². The molecule has 3 rings (SSSR count). The molecule has 102 valence electrons. The number of hydrogen-bond donors (Lipinski definition) is 1. The highest BCUT2D eigenvalue weighted by Crippen LogP contribution is 2.25. The largest absolute Gasteiger partial charge is 0.489 e. The lowest BCUT2D eigenvalue weighted by Gasteiger charge is -2.07. The lowest BCUT2D eigenvalue weighted by atomic mass is 10.1. The number of nitriles is 1. The summed E-state index contributed by atoms with van der Waals surface area (Å²) in [6.07, 6.45) is 3.54. The molecule has 2 aromatic carbocycles. The van der Waals surface area contributed by atoms with Crippen LogP contribution in [0.2, 0.25) is 0 Å². The lowest BCUT2D eigenvalue weighted by molar-refractivity contribution is 0.306. The van der Waals surface area contributed by atoms with Gasteiger partial charge in [-0.25, -0.2) is 0 Å². The summed E-state index contributed by atoms with van der Waals surface area (Å²) in [5.41, 5.74) is 3.69. The molecule has 0 atom stereocenters. The molecule has 0 unspecified atom stereocenters. The number of rotatable bonds is 4. The Morgan fingerprint density at radius 3 is 2.43 bits per heavy atom. The van der Waals surface area contributed by atoms with Gasteiger partial charge in [0.15, 0.2) is 0 Å². The van der Waals surface area contributed by atoms with Crippen molar-refractivity contribution in [2.75, 3.05) is 0 Å². The van der Waals surface area contributed by atoms with E-state index in [-0.39, 0.29) is 0 Å². The maximum Gasteiger partial charge on any atom is 0.119 e. The molecule has 1 aromatic heterocycles. The van der Waals surface area contributed by atoms with Gasteiger partial charge in [-0.05, 0) is 23.3 Å². The fourth-order valence-electron chi connectivity index (χ4n) is 2.17. The molecule has 0 saturated carbocycles. The highest BCUT2D eigenvalue weighted by molar-refractivity contribution is 5.70. The van der Waals surface area contributed by atoms with Crippen molar-refractivity contribution in [1.82, 2.24) is 4.98 Å². The monoisotopic (exact) mass is 274 g/mol. The topological polar surface area (TPSA) is 48.8 Å². The molecule has 0 aliphatic carbocycles. The van der Waals surface area contributed by atoms with Gasteiger partial charge in [-0.3, -0.25) is 0 Å². The van der Waals surface area contributed by atoms with E-state index in [0.29, 0.717) is 12.2 Å². The number of nitrogens with one attached hydrogen (secondary N) is 1. The number of aromatic amines is 1. The van der Waals surface area contributed by atoms with Crippen molar-refractivity contribution in [1.29, 1.82) is 5.26 Å². The van der Waals surface area contributed by atoms with E-state index >= 15 is 0 Å². The molecule has 0 aliphatic heterocycles. The van der Waals surface area contributed by atoms with E-state index in [1.54, 1.807) is 6.20 Å². The van der Waals surface area contributed by atoms with Gasteiger partial charge in [-0.15, -0.1) is 0 Å². The van der Waals surface area contributed by atoms with E-state index in [1.807, 2.05) is 60.8 Å². The van der Waals surface area contributed by atoms with Crippen molar-refractivity contribution in [2.24, 2.45) is 0 Å². The average Bonchev–Trinajstić information content (AvgIpc) is 3.03. The first-order valence-electron chi connectivity index (χ1n) is 6.71. The normalized spacial score (nSPS) is 10.0. The second-order valence-electron chi connectivity index (χ2n) is 4.69. The van der Waals surface area contributed by atoms with Crippen LogP contribution in [0.1, 0.15) is 11.1 Å². The Kier molecular flexibility index (Phi) is 3.70. The third-order valence-corrected chi connectivity index (χ3v) is 3.28. The Morgan fingerprint density at radius 1 is 0.952 bits per heavy atom. The number of nitrogens with zero attached hydrogens (tertiary/aromatic N) is 1. The van der Waals surface area contributed by atoms with Gasteiger partial charge in [0.05, 0.1) is 5.56 Å². The van der Waals surface area contributed by atoms with Crippen LogP contribution in [-0.2, 0) is 6.61 Å². The zero-order chi connectivity index (χ0) is 14.5. The fraction of sp³-hybridized carbons (Fsp3) is 0.0556. The van der Waals surface area contributed by atoms with E-state index < -0.39 is 0 Å². The quantitative estimate of drug-likeness (QED) is 0.777. The summed E-state index contributed by atoms with van der Waals surface area (Å²) in [6.45, 7) is 0.549. The highest BCUT2D eigenvalue weighted by Gasteiger charge is 2.05. The predicted octanol–water partition coefficient (Wildman–Crippen LogP) is 4.13. The molecule has 0 amide bonds. The van der Waals surface area contributed by atoms with Gasteiger partial charge in [0.1, 0.15) is 18.4 Å². The molecule has 3 nitrogen and oxygen atoms in total. The highest BCUT2D eigenvalue weighted by atomic mass is 16.5. The third-order valence-electron chi connectivity index (χ3n) is 3.28. The summed E-state index contributed by atoms with van der Waals surface area (Å²) in [5, 5.41) is 9.04. The molecule has 3 aromatic rings. The minimum absolute atomic E-state index is 0.549. The first kappa shape index (κ1) is 13.0. The predicted molar refractivity (Wildman–Crippen MR) is 81.7 cm³/mol. The Morgan fingerprint density at radius 2 is 1.71 bits per heavy atom. The average molecular weight is 274 g/mol. The standard InChI is InChI=1S/C18H14N2O/c19-10-16-11-20-12-18(16)15-6-8-17(9-7-15)21-13-14-4-2-1-3-5-14/h1-9,11-12,20H,13H2. The number of aromatic nitrogens is 1. The third kappa shape index (κ3) is 2.96. The van der Waals surface area contributed by atoms with Crippen LogP contribution >= 0.6 is 0 Å². The van der Waals surface area contributed by atoms with Crippen molar-refractivity contribution in [2.45, 2.75) is 6.61 Å². The Labute approximate surface area is 123 Å². The number of H-pyrrole nitrogens is 1. The Bertz CT molecular complexity index is 752. The molecule has 21 heavy (non-hydrogen) atoms. The van der Waals surface area contributed by atoms with Gasteiger partial charge in [-0.1, -0.05) is 42.5 Å². The zero-order valence-electron chi connectivity index (χ0n) is 11.4. The molecular weight excluding hydrogens is 260 g/mol. The molecule has 0 radical (unpaired) electrons. The van der Waals surface area contributed by atoms with E-state index in [1.165, 1.54) is 0 Å². The van der Waals surface area contributed by atoms with Gasteiger partial charge in [0.25, 0.3) is 0 Å². The van der Waals surface area contributed by atoms with Crippen LogP contribution in [0.15, 0.2) is 67.0 Å². The second-order valence-corrected chi connectivity index (χ2v) is 4.69. The number of benzene rings is 2. The molecule has 0 aliphatic rings. The van der Waals surface area contributed by atoms with Crippen LogP contribution in [0, 0.1) is 11.3 Å². The number of ether oxygens (including phenoxy) is 1. The second kappa shape index (κ2) is 5.98. The van der Waals surface area contributed by atoms with E-state index in [4.69, 9.17) is 10.00 Å². The molecule has 1 N–H and O–H groups in total. The van der Waals surface area contributed by atoms with Crippen molar-refractivity contribution >= 4 is 0 Å². The van der Waals surface area contributed by atoms with Gasteiger partial charge < -0.3 is 9.72 Å². The van der Waals surface area contributed by atoms with Crippen LogP contribution in [0.5, 0.6) is 5.75 Å². The molecule has 3 heteroatoms. The number of hydrogen-bond acceptors (Lipinski definition) is 2. The van der Waals surface area contributed by atoms with Crippen LogP contribution in [0.25, 0.3) is 11.1 Å². The Hall–Kier alpha value is -2.99. The van der Waals surface area contributed by atoms with Crippen molar-refractivity contribution in [3.63, 3.8) is 0 Å². The van der Waals surface area contributed by atoms with Gasteiger partial charge >= 0.3 is 0 Å². The van der Waals surface area contributed by atoms with Crippen LogP contribution in [0.3, 0.4) is 0 Å². The van der Waals surface area contributed by atoms with Gasteiger partial charge in [-0.2, -0.15) is 5.26 Å². The summed E-state index contributed by atoms with van der Waals surface area (Å²) < 4.78 is 5.75. The molecule has 0 spiro atoms. The fourth-order valence-corrected chi connectivity index (χ4v) is 2.17. The van der Waals surface area contributed by atoms with E-state index in [0.717, 1.165) is 22.4 Å². The zero-order valence-corrected chi connectivity index (χ0v) is 11.4. The van der Waals surface area contributed by atoms with Gasteiger partial charge in [0, 0.05) is 18.0 Å². The van der Waals surface area contributed by atoms with Crippen molar-refractivity contribution in [3.05, 3.63) is 78.1 Å². The summed E-state index contributed by atoms with van der Waals surface area (Å²) in [5.74, 6) is 0.816. The maximum atomic E-state index is 9.04. The first-order chi connectivity index (χ1) is 10.4. The first-order valence-corrected chi connectivity index (χ1v) is 6.71. The molecular formula is C18H14N2O. The Balaban J connectivity index is 1.71. The molecule has 1 heterocycles. The summed E-state index contributed by atoms with van der Waals surface area (Å²) >= 11 is 0. The van der Waals surface area contributed by atoms with Gasteiger partial charge in [0.2, 0.25) is 0 Å².